The van der Waals surface area contributed by atoms with Crippen molar-refractivity contribution >= 4 is 30.1 Å². The monoisotopic (exact) mass is 359 g/mol. The molecule has 7 nitrogen and oxygen atoms in total. The second-order valence-electron chi connectivity index (χ2n) is 5.61. The molecule has 8 heteroatoms. The van der Waals surface area contributed by atoms with Gasteiger partial charge in [0.1, 0.15) is 5.75 Å². The minimum atomic E-state index is -0.907. The molecule has 0 aromatic heterocycles. The van der Waals surface area contributed by atoms with Crippen molar-refractivity contribution in [2.24, 2.45) is 0 Å². The third-order valence-electron chi connectivity index (χ3n) is 3.33. The highest BCUT2D eigenvalue weighted by Gasteiger charge is 2.13. The van der Waals surface area contributed by atoms with Crippen LogP contribution >= 0.6 is 12.4 Å². The van der Waals surface area contributed by atoms with Crippen LogP contribution in [0.25, 0.3) is 0 Å². The molecule has 1 aromatic rings. The number of amides is 2. The highest BCUT2D eigenvalue weighted by atomic mass is 35.5. The summed E-state index contributed by atoms with van der Waals surface area (Å²) >= 11 is 0. The average Bonchev–Trinajstić information content (AvgIpc) is 2.48. The number of phenols is 1. The molecule has 0 spiro atoms. The van der Waals surface area contributed by atoms with Gasteiger partial charge in [-0.05, 0) is 38.1 Å². The molecule has 2 amide bonds. The van der Waals surface area contributed by atoms with E-state index < -0.39 is 6.09 Å². The van der Waals surface area contributed by atoms with Gasteiger partial charge < -0.3 is 20.4 Å². The molecule has 1 heterocycles. The van der Waals surface area contributed by atoms with Gasteiger partial charge in [-0.1, -0.05) is 12.5 Å². The number of halogens is 1. The van der Waals surface area contributed by atoms with Crippen LogP contribution in [-0.2, 0) is 4.79 Å². The molecule has 24 heavy (non-hydrogen) atoms. The van der Waals surface area contributed by atoms with Crippen LogP contribution < -0.4 is 5.32 Å². The summed E-state index contributed by atoms with van der Waals surface area (Å²) in [6.45, 7) is 2.45. The van der Waals surface area contributed by atoms with Crippen molar-refractivity contribution < 1.29 is 19.8 Å². The molecule has 1 aliphatic heterocycles. The third kappa shape index (κ3) is 9.22. The fraction of sp³-hybridized carbons (Fsp3) is 0.500. The second-order valence-corrected chi connectivity index (χ2v) is 5.61. The summed E-state index contributed by atoms with van der Waals surface area (Å²) in [6.07, 6.45) is 2.72. The van der Waals surface area contributed by atoms with Gasteiger partial charge in [0.15, 0.2) is 0 Å². The number of nitrogens with zero attached hydrogens (tertiary/aromatic N) is 2. The van der Waals surface area contributed by atoms with E-state index in [1.54, 1.807) is 24.3 Å². The number of piperidine rings is 1. The number of carboxylic acid groups (broad SMARTS) is 1. The van der Waals surface area contributed by atoms with E-state index in [1.165, 1.54) is 33.4 Å². The number of carbonyl (C=O) groups is 2. The molecule has 0 radical (unpaired) electrons. The largest absolute Gasteiger partial charge is 0.508 e. The molecule has 1 aliphatic rings. The number of hydrogen-bond acceptors (Lipinski definition) is 4. The molecule has 2 rings (SSSR count). The molecule has 1 fully saturated rings. The first-order chi connectivity index (χ1) is 10.9. The van der Waals surface area contributed by atoms with E-state index in [9.17, 15) is 14.7 Å². The molecule has 0 unspecified atom stereocenters. The highest BCUT2D eigenvalue weighted by molar-refractivity contribution is 5.92. The number of phenolic OH excluding ortho intramolecular Hbond substituents is 1. The predicted molar refractivity (Wildman–Crippen MR) is 96.0 cm³/mol. The lowest BCUT2D eigenvalue weighted by Gasteiger charge is -2.25. The van der Waals surface area contributed by atoms with Crippen molar-refractivity contribution in [2.45, 2.75) is 19.3 Å². The van der Waals surface area contributed by atoms with Crippen molar-refractivity contribution in [3.05, 3.63) is 24.3 Å². The van der Waals surface area contributed by atoms with Gasteiger partial charge in [-0.3, -0.25) is 9.69 Å². The van der Waals surface area contributed by atoms with Crippen molar-refractivity contribution in [1.82, 2.24) is 9.80 Å². The Morgan fingerprint density at radius 1 is 1.21 bits per heavy atom. The SMILES string of the molecule is CN(C)C(=O)O.Cl.O=C(CN1CCCCC1)Nc1cccc(O)c1. The van der Waals surface area contributed by atoms with Gasteiger partial charge in [-0.2, -0.15) is 0 Å². The highest BCUT2D eigenvalue weighted by Crippen LogP contribution is 2.15. The number of benzene rings is 1. The Morgan fingerprint density at radius 3 is 2.29 bits per heavy atom. The average molecular weight is 360 g/mol. The maximum absolute atomic E-state index is 11.8. The van der Waals surface area contributed by atoms with Crippen LogP contribution in [0.3, 0.4) is 0 Å². The number of aromatic hydroxyl groups is 1. The van der Waals surface area contributed by atoms with E-state index in [1.807, 2.05) is 0 Å². The number of carbonyl (C=O) groups excluding carboxylic acids is 1. The summed E-state index contributed by atoms with van der Waals surface area (Å²) in [7, 11) is 2.95. The summed E-state index contributed by atoms with van der Waals surface area (Å²) in [5.74, 6) is 0.151. The second kappa shape index (κ2) is 11.5. The number of anilines is 1. The number of likely N-dealkylation sites (tertiary alicyclic amines) is 1. The molecular weight excluding hydrogens is 334 g/mol. The molecule has 1 aromatic carbocycles. The van der Waals surface area contributed by atoms with E-state index in [-0.39, 0.29) is 24.1 Å². The molecular formula is C16H26ClN3O4. The summed E-state index contributed by atoms with van der Waals surface area (Å²) in [4.78, 5) is 24.6. The van der Waals surface area contributed by atoms with E-state index in [2.05, 4.69) is 10.2 Å². The summed E-state index contributed by atoms with van der Waals surface area (Å²) in [6, 6.07) is 6.62. The first kappa shape index (κ1) is 22.0. The zero-order valence-electron chi connectivity index (χ0n) is 14.1. The molecule has 0 bridgehead atoms. The lowest BCUT2D eigenvalue weighted by Crippen LogP contribution is -2.36. The Bertz CT molecular complexity index is 520. The van der Waals surface area contributed by atoms with Gasteiger partial charge >= 0.3 is 6.09 Å². The summed E-state index contributed by atoms with van der Waals surface area (Å²) in [5, 5.41) is 20.0. The standard InChI is InChI=1S/C13H18N2O2.C3H7NO2.ClH/c16-12-6-4-5-11(9-12)14-13(17)10-15-7-2-1-3-8-15;1-4(2)3(5)6;/h4-6,9,16H,1-3,7-8,10H2,(H,14,17);1-2H3,(H,5,6);1H. The van der Waals surface area contributed by atoms with Gasteiger partial charge in [0.2, 0.25) is 5.91 Å². The Labute approximate surface area is 148 Å². The topological polar surface area (TPSA) is 93.1 Å². The minimum Gasteiger partial charge on any atom is -0.508 e. The van der Waals surface area contributed by atoms with Crippen LogP contribution in [0, 0.1) is 0 Å². The van der Waals surface area contributed by atoms with Gasteiger partial charge in [0, 0.05) is 25.8 Å². The predicted octanol–water partition coefficient (Wildman–Crippen LogP) is 2.46. The molecule has 0 aliphatic carbocycles. The van der Waals surface area contributed by atoms with Crippen LogP contribution in [0.4, 0.5) is 10.5 Å². The first-order valence-corrected chi connectivity index (χ1v) is 7.60. The van der Waals surface area contributed by atoms with E-state index in [4.69, 9.17) is 5.11 Å². The molecule has 1 saturated heterocycles. The first-order valence-electron chi connectivity index (χ1n) is 7.60. The van der Waals surface area contributed by atoms with Crippen molar-refractivity contribution in [2.75, 3.05) is 39.0 Å². The summed E-state index contributed by atoms with van der Waals surface area (Å²) < 4.78 is 0. The zero-order chi connectivity index (χ0) is 17.2. The molecule has 0 saturated carbocycles. The van der Waals surface area contributed by atoms with E-state index in [0.717, 1.165) is 18.0 Å². The Hall–Kier alpha value is -1.99. The number of rotatable bonds is 3. The lowest BCUT2D eigenvalue weighted by atomic mass is 10.1. The molecule has 136 valence electrons. The van der Waals surface area contributed by atoms with E-state index in [0.29, 0.717) is 12.2 Å². The number of hydrogen-bond donors (Lipinski definition) is 3. The van der Waals surface area contributed by atoms with Crippen LogP contribution in [0.15, 0.2) is 24.3 Å². The zero-order valence-corrected chi connectivity index (χ0v) is 14.9. The van der Waals surface area contributed by atoms with Gasteiger partial charge in [-0.25, -0.2) is 4.79 Å². The van der Waals surface area contributed by atoms with Crippen molar-refractivity contribution in [3.8, 4) is 5.75 Å². The van der Waals surface area contributed by atoms with Crippen molar-refractivity contribution in [3.63, 3.8) is 0 Å². The van der Waals surface area contributed by atoms with Crippen LogP contribution in [0.2, 0.25) is 0 Å². The molecule has 3 N–H and O–H groups in total. The molecule has 0 atom stereocenters. The fourth-order valence-electron chi connectivity index (χ4n) is 2.10. The number of nitrogens with one attached hydrogen (secondary N) is 1. The third-order valence-corrected chi connectivity index (χ3v) is 3.33. The van der Waals surface area contributed by atoms with Crippen LogP contribution in [0.5, 0.6) is 5.75 Å². The van der Waals surface area contributed by atoms with E-state index >= 15 is 0 Å². The quantitative estimate of drug-likeness (QED) is 0.770. The minimum absolute atomic E-state index is 0. The normalized spacial score (nSPS) is 13.8. The van der Waals surface area contributed by atoms with Gasteiger partial charge in [-0.15, -0.1) is 12.4 Å². The Balaban J connectivity index is 0.000000655. The smallest absolute Gasteiger partial charge is 0.406 e. The lowest BCUT2D eigenvalue weighted by molar-refractivity contribution is -0.117. The Kier molecular flexibility index (Phi) is 10.6. The van der Waals surface area contributed by atoms with Gasteiger partial charge in [0.05, 0.1) is 6.54 Å². The van der Waals surface area contributed by atoms with Crippen molar-refractivity contribution in [1.29, 1.82) is 0 Å². The van der Waals surface area contributed by atoms with Crippen LogP contribution in [0.1, 0.15) is 19.3 Å². The maximum Gasteiger partial charge on any atom is 0.406 e. The summed E-state index contributed by atoms with van der Waals surface area (Å²) in [5.41, 5.74) is 0.645. The van der Waals surface area contributed by atoms with Crippen LogP contribution in [-0.4, -0.2) is 65.7 Å². The Morgan fingerprint density at radius 2 is 1.79 bits per heavy atom. The maximum atomic E-state index is 11.8. The fourth-order valence-corrected chi connectivity index (χ4v) is 2.10. The van der Waals surface area contributed by atoms with Gasteiger partial charge in [0.25, 0.3) is 0 Å².